The lowest BCUT2D eigenvalue weighted by atomic mass is 9.96. The molecule has 2 rings (SSSR count). The molecule has 0 aromatic carbocycles. The first kappa shape index (κ1) is 14.1. The molecule has 1 heterocycles. The van der Waals surface area contributed by atoms with Crippen LogP contribution in [0.1, 0.15) is 46.0 Å². The third-order valence-corrected chi connectivity index (χ3v) is 4.64. The van der Waals surface area contributed by atoms with Gasteiger partial charge in [-0.3, -0.25) is 4.90 Å². The summed E-state index contributed by atoms with van der Waals surface area (Å²) in [7, 11) is 0. The number of rotatable bonds is 2. The van der Waals surface area contributed by atoms with Crippen LogP contribution in [-0.4, -0.2) is 53.2 Å². The highest BCUT2D eigenvalue weighted by Gasteiger charge is 2.22. The molecule has 4 heteroatoms. The SMILES string of the molecule is CC(C)N1CCN(C(=S)NC2CCCCC2)CC1. The van der Waals surface area contributed by atoms with Gasteiger partial charge in [-0.2, -0.15) is 0 Å². The zero-order valence-corrected chi connectivity index (χ0v) is 12.6. The number of thiocarbonyl (C=S) groups is 1. The fourth-order valence-electron chi connectivity index (χ4n) is 2.95. The second kappa shape index (κ2) is 6.71. The van der Waals surface area contributed by atoms with Crippen LogP contribution < -0.4 is 5.32 Å². The molecule has 1 saturated heterocycles. The zero-order valence-electron chi connectivity index (χ0n) is 11.8. The lowest BCUT2D eigenvalue weighted by Crippen LogP contribution is -2.54. The standard InChI is InChI=1S/C14H27N3S/c1-12(2)16-8-10-17(11-9-16)14(18)15-13-6-4-3-5-7-13/h12-13H,3-11H2,1-2H3,(H,15,18). The van der Waals surface area contributed by atoms with Crippen LogP contribution in [0.25, 0.3) is 0 Å². The van der Waals surface area contributed by atoms with E-state index in [-0.39, 0.29) is 0 Å². The second-order valence-corrected chi connectivity index (χ2v) is 6.29. The van der Waals surface area contributed by atoms with Gasteiger partial charge in [0.1, 0.15) is 0 Å². The van der Waals surface area contributed by atoms with E-state index in [9.17, 15) is 0 Å². The number of nitrogens with zero attached hydrogens (tertiary/aromatic N) is 2. The maximum absolute atomic E-state index is 5.56. The van der Waals surface area contributed by atoms with Crippen LogP contribution >= 0.6 is 12.2 Å². The summed E-state index contributed by atoms with van der Waals surface area (Å²) in [6.45, 7) is 8.99. The van der Waals surface area contributed by atoms with Crippen molar-refractivity contribution in [1.29, 1.82) is 0 Å². The molecule has 0 spiro atoms. The Balaban J connectivity index is 1.73. The Bertz CT molecular complexity index is 266. The molecule has 0 aromatic heterocycles. The molecule has 1 saturated carbocycles. The van der Waals surface area contributed by atoms with E-state index < -0.39 is 0 Å². The molecular formula is C14H27N3S. The topological polar surface area (TPSA) is 18.5 Å². The minimum absolute atomic E-state index is 0.634. The van der Waals surface area contributed by atoms with Crippen molar-refractivity contribution >= 4 is 17.3 Å². The predicted octanol–water partition coefficient (Wildman–Crippen LogP) is 2.22. The van der Waals surface area contributed by atoms with E-state index >= 15 is 0 Å². The van der Waals surface area contributed by atoms with Gasteiger partial charge in [0.2, 0.25) is 0 Å². The van der Waals surface area contributed by atoms with E-state index in [0.29, 0.717) is 12.1 Å². The summed E-state index contributed by atoms with van der Waals surface area (Å²) < 4.78 is 0. The first-order valence-electron chi connectivity index (χ1n) is 7.46. The van der Waals surface area contributed by atoms with Gasteiger partial charge in [-0.05, 0) is 38.9 Å². The van der Waals surface area contributed by atoms with Crippen LogP contribution in [0.15, 0.2) is 0 Å². The van der Waals surface area contributed by atoms with Crippen LogP contribution in [-0.2, 0) is 0 Å². The van der Waals surface area contributed by atoms with Crippen molar-refractivity contribution in [3.8, 4) is 0 Å². The van der Waals surface area contributed by atoms with Gasteiger partial charge in [0.05, 0.1) is 0 Å². The lowest BCUT2D eigenvalue weighted by molar-refractivity contribution is 0.147. The van der Waals surface area contributed by atoms with Gasteiger partial charge in [-0.1, -0.05) is 19.3 Å². The summed E-state index contributed by atoms with van der Waals surface area (Å²) in [5.74, 6) is 0. The van der Waals surface area contributed by atoms with Crippen molar-refractivity contribution in [2.45, 2.75) is 58.0 Å². The summed E-state index contributed by atoms with van der Waals surface area (Å²) in [4.78, 5) is 4.88. The molecule has 18 heavy (non-hydrogen) atoms. The van der Waals surface area contributed by atoms with Gasteiger partial charge in [-0.15, -0.1) is 0 Å². The molecule has 0 radical (unpaired) electrons. The molecule has 1 N–H and O–H groups in total. The van der Waals surface area contributed by atoms with E-state index in [1.165, 1.54) is 32.1 Å². The number of piperazine rings is 1. The predicted molar refractivity (Wildman–Crippen MR) is 80.9 cm³/mol. The smallest absolute Gasteiger partial charge is 0.169 e. The first-order valence-corrected chi connectivity index (χ1v) is 7.87. The van der Waals surface area contributed by atoms with Crippen molar-refractivity contribution in [2.75, 3.05) is 26.2 Å². The molecule has 0 aromatic rings. The molecule has 1 aliphatic carbocycles. The highest BCUT2D eigenvalue weighted by atomic mass is 32.1. The number of nitrogens with one attached hydrogen (secondary N) is 1. The maximum Gasteiger partial charge on any atom is 0.169 e. The van der Waals surface area contributed by atoms with E-state index in [2.05, 4.69) is 29.0 Å². The van der Waals surface area contributed by atoms with Gasteiger partial charge >= 0.3 is 0 Å². The van der Waals surface area contributed by atoms with E-state index in [1.807, 2.05) is 0 Å². The van der Waals surface area contributed by atoms with Gasteiger partial charge in [0, 0.05) is 38.3 Å². The van der Waals surface area contributed by atoms with Crippen molar-refractivity contribution < 1.29 is 0 Å². The Morgan fingerprint density at radius 3 is 2.22 bits per heavy atom. The van der Waals surface area contributed by atoms with E-state index in [1.54, 1.807) is 0 Å². The minimum Gasteiger partial charge on any atom is -0.360 e. The molecule has 0 unspecified atom stereocenters. The van der Waals surface area contributed by atoms with Gasteiger partial charge < -0.3 is 10.2 Å². The Morgan fingerprint density at radius 1 is 1.06 bits per heavy atom. The van der Waals surface area contributed by atoms with Crippen LogP contribution in [0.5, 0.6) is 0 Å². The summed E-state index contributed by atoms with van der Waals surface area (Å²) in [5, 5.41) is 4.56. The number of hydrogen-bond acceptors (Lipinski definition) is 2. The second-order valence-electron chi connectivity index (χ2n) is 5.90. The van der Waals surface area contributed by atoms with E-state index in [4.69, 9.17) is 12.2 Å². The largest absolute Gasteiger partial charge is 0.360 e. The Kier molecular flexibility index (Phi) is 5.25. The fraction of sp³-hybridized carbons (Fsp3) is 0.929. The van der Waals surface area contributed by atoms with Gasteiger partial charge in [0.25, 0.3) is 0 Å². The summed E-state index contributed by atoms with van der Waals surface area (Å²) in [5.41, 5.74) is 0. The molecule has 2 fully saturated rings. The molecule has 104 valence electrons. The van der Waals surface area contributed by atoms with Crippen LogP contribution in [0, 0.1) is 0 Å². The van der Waals surface area contributed by atoms with Crippen LogP contribution in [0.3, 0.4) is 0 Å². The van der Waals surface area contributed by atoms with Crippen LogP contribution in [0.2, 0.25) is 0 Å². The molecule has 0 bridgehead atoms. The molecular weight excluding hydrogens is 242 g/mol. The molecule has 2 aliphatic rings. The molecule has 0 atom stereocenters. The lowest BCUT2D eigenvalue weighted by Gasteiger charge is -2.39. The zero-order chi connectivity index (χ0) is 13.0. The average Bonchev–Trinajstić information content (AvgIpc) is 2.40. The average molecular weight is 269 g/mol. The van der Waals surface area contributed by atoms with Crippen molar-refractivity contribution in [3.05, 3.63) is 0 Å². The normalized spacial score (nSPS) is 23.4. The first-order chi connectivity index (χ1) is 8.66. The third-order valence-electron chi connectivity index (χ3n) is 4.26. The summed E-state index contributed by atoms with van der Waals surface area (Å²) in [6, 6.07) is 1.29. The molecule has 0 amide bonds. The summed E-state index contributed by atoms with van der Waals surface area (Å²) >= 11 is 5.56. The van der Waals surface area contributed by atoms with Crippen molar-refractivity contribution in [3.63, 3.8) is 0 Å². The number of hydrogen-bond donors (Lipinski definition) is 1. The Hall–Kier alpha value is -0.350. The van der Waals surface area contributed by atoms with Crippen molar-refractivity contribution in [2.24, 2.45) is 0 Å². The monoisotopic (exact) mass is 269 g/mol. The van der Waals surface area contributed by atoms with Crippen LogP contribution in [0.4, 0.5) is 0 Å². The van der Waals surface area contributed by atoms with E-state index in [0.717, 1.165) is 31.3 Å². The highest BCUT2D eigenvalue weighted by Crippen LogP contribution is 2.18. The minimum atomic E-state index is 0.634. The quantitative estimate of drug-likeness (QED) is 0.775. The highest BCUT2D eigenvalue weighted by molar-refractivity contribution is 7.80. The van der Waals surface area contributed by atoms with Gasteiger partial charge in [0.15, 0.2) is 5.11 Å². The Morgan fingerprint density at radius 2 is 1.67 bits per heavy atom. The fourth-order valence-corrected chi connectivity index (χ4v) is 3.30. The van der Waals surface area contributed by atoms with Gasteiger partial charge in [-0.25, -0.2) is 0 Å². The summed E-state index contributed by atoms with van der Waals surface area (Å²) in [6.07, 6.45) is 6.72. The maximum atomic E-state index is 5.56. The third kappa shape index (κ3) is 3.82. The molecule has 1 aliphatic heterocycles. The Labute approximate surface area is 117 Å². The molecule has 3 nitrogen and oxygen atoms in total. The van der Waals surface area contributed by atoms with Crippen molar-refractivity contribution in [1.82, 2.24) is 15.1 Å².